The van der Waals surface area contributed by atoms with Crippen LogP contribution in [-0.4, -0.2) is 16.6 Å². The van der Waals surface area contributed by atoms with Gasteiger partial charge >= 0.3 is 0 Å². The van der Waals surface area contributed by atoms with Crippen molar-refractivity contribution in [2.75, 3.05) is 0 Å². The Bertz CT molecular complexity index is 1900. The molecule has 2 atom stereocenters. The van der Waals surface area contributed by atoms with Gasteiger partial charge < -0.3 is 4.12 Å². The summed E-state index contributed by atoms with van der Waals surface area (Å²) >= 11 is 7.30. The van der Waals surface area contributed by atoms with Crippen molar-refractivity contribution < 1.29 is 4.12 Å². The van der Waals surface area contributed by atoms with E-state index in [1.54, 1.807) is 0 Å². The molecule has 0 heterocycles. The summed E-state index contributed by atoms with van der Waals surface area (Å²) in [6, 6.07) is 58.3. The van der Waals surface area contributed by atoms with Crippen LogP contribution in [0.4, 0.5) is 0 Å². The highest BCUT2D eigenvalue weighted by Crippen LogP contribution is 2.45. The third-order valence-electron chi connectivity index (χ3n) is 10.2. The summed E-state index contributed by atoms with van der Waals surface area (Å²) in [7, 11) is -6.29. The lowest BCUT2D eigenvalue weighted by atomic mass is 10.1. The van der Waals surface area contributed by atoms with Gasteiger partial charge in [0.2, 0.25) is 0 Å². The quantitative estimate of drug-likeness (QED) is 0.125. The van der Waals surface area contributed by atoms with Crippen molar-refractivity contribution >= 4 is 69.2 Å². The van der Waals surface area contributed by atoms with Crippen LogP contribution in [0.15, 0.2) is 167 Å². The smallest absolute Gasteiger partial charge is 0.251 e. The summed E-state index contributed by atoms with van der Waals surface area (Å²) in [6.45, 7) is 14.5. The Kier molecular flexibility index (Phi) is 11.3. The average molecular weight is 833 g/mol. The summed E-state index contributed by atoms with van der Waals surface area (Å²) < 4.78 is 10.9. The fourth-order valence-electron chi connectivity index (χ4n) is 7.77. The van der Waals surface area contributed by atoms with E-state index in [4.69, 9.17) is 4.12 Å². The molecule has 0 aliphatic carbocycles. The molecular weight excluding hydrogens is 784 g/mol. The average Bonchev–Trinajstić information content (AvgIpc) is 3.11. The van der Waals surface area contributed by atoms with Crippen LogP contribution in [0.3, 0.4) is 0 Å². The van der Waals surface area contributed by atoms with Gasteiger partial charge in [-0.1, -0.05) is 207 Å². The molecular formula is C46H48Br2OSi2. The highest BCUT2D eigenvalue weighted by molar-refractivity contribution is 9.10. The molecule has 0 saturated heterocycles. The molecule has 51 heavy (non-hydrogen) atoms. The Labute approximate surface area is 324 Å². The molecule has 0 fully saturated rings. The molecule has 0 aliphatic rings. The third kappa shape index (κ3) is 7.60. The first-order valence-electron chi connectivity index (χ1n) is 17.8. The molecule has 5 heteroatoms. The van der Waals surface area contributed by atoms with Crippen molar-refractivity contribution in [2.24, 2.45) is 0 Å². The van der Waals surface area contributed by atoms with E-state index >= 15 is 0 Å². The van der Waals surface area contributed by atoms with Gasteiger partial charge in [-0.2, -0.15) is 0 Å². The number of hydrogen-bond acceptors (Lipinski definition) is 1. The maximum atomic E-state index is 8.76. The van der Waals surface area contributed by atoms with Gasteiger partial charge in [0.25, 0.3) is 16.6 Å². The topological polar surface area (TPSA) is 9.23 Å². The van der Waals surface area contributed by atoms with Crippen LogP contribution in [0, 0.1) is 0 Å². The summed E-state index contributed by atoms with van der Waals surface area (Å²) in [6.07, 6.45) is 1.67. The molecule has 6 aromatic carbocycles. The van der Waals surface area contributed by atoms with Crippen LogP contribution in [0.5, 0.6) is 0 Å². The zero-order chi connectivity index (χ0) is 36.3. The van der Waals surface area contributed by atoms with Gasteiger partial charge in [0.15, 0.2) is 0 Å². The standard InChI is InChI=1S/C46H48Br2OSi2/c1-45(2,3)50(41-19-9-7-10-20-41,43-23-15-13-17-37(43)33-35-25-29-39(47)30-26-35)49-51(46(4,5)6,42-21-11-8-12-22-42)44-24-16-14-18-38(44)34-36-27-31-40(48)32-28-36/h7-32H,33-34H2,1-6H3. The summed E-state index contributed by atoms with van der Waals surface area (Å²) in [5.41, 5.74) is 5.24. The minimum atomic E-state index is -3.15. The predicted octanol–water partition coefficient (Wildman–Crippen LogP) is 10.8. The molecule has 0 bridgehead atoms. The van der Waals surface area contributed by atoms with Gasteiger partial charge in [-0.25, -0.2) is 0 Å². The van der Waals surface area contributed by atoms with Crippen LogP contribution < -0.4 is 20.7 Å². The molecule has 0 amide bonds. The molecule has 6 aromatic rings. The van der Waals surface area contributed by atoms with E-state index in [2.05, 4.69) is 231 Å². The lowest BCUT2D eigenvalue weighted by Crippen LogP contribution is -2.78. The molecule has 1 nitrogen and oxygen atoms in total. The normalized spacial score (nSPS) is 14.4. The molecule has 0 saturated carbocycles. The number of halogens is 2. The summed E-state index contributed by atoms with van der Waals surface area (Å²) in [5.74, 6) is 0. The van der Waals surface area contributed by atoms with E-state index in [0.717, 1.165) is 21.8 Å². The second kappa shape index (κ2) is 15.3. The molecule has 0 aromatic heterocycles. The van der Waals surface area contributed by atoms with Crippen molar-refractivity contribution in [1.29, 1.82) is 0 Å². The van der Waals surface area contributed by atoms with Gasteiger partial charge in [-0.3, -0.25) is 0 Å². The Hall–Kier alpha value is -3.33. The Balaban J connectivity index is 1.69. The molecule has 0 spiro atoms. The highest BCUT2D eigenvalue weighted by atomic mass is 79.9. The fourth-order valence-corrected chi connectivity index (χ4v) is 21.6. The van der Waals surface area contributed by atoms with Crippen molar-refractivity contribution in [2.45, 2.75) is 64.5 Å². The SMILES string of the molecule is CC(C)(C)[Si](O[Si](c1ccccc1)(c1ccccc1Cc1ccc(Br)cc1)C(C)(C)C)(c1ccccc1)c1ccccc1Cc1ccc(Br)cc1. The molecule has 0 radical (unpaired) electrons. The minimum absolute atomic E-state index is 0.219. The first-order chi connectivity index (χ1) is 24.3. The van der Waals surface area contributed by atoms with E-state index in [9.17, 15) is 0 Å². The van der Waals surface area contributed by atoms with Crippen molar-refractivity contribution in [3.8, 4) is 0 Å². The fraction of sp³-hybridized carbons (Fsp3) is 0.217. The zero-order valence-electron chi connectivity index (χ0n) is 30.6. The molecule has 2 unspecified atom stereocenters. The lowest BCUT2D eigenvalue weighted by Gasteiger charge is -2.54. The molecule has 0 aliphatic heterocycles. The second-order valence-corrected chi connectivity index (χ2v) is 26.2. The van der Waals surface area contributed by atoms with Crippen molar-refractivity contribution in [3.63, 3.8) is 0 Å². The largest absolute Gasteiger partial charge is 0.441 e. The van der Waals surface area contributed by atoms with E-state index in [1.165, 1.54) is 43.0 Å². The third-order valence-corrected chi connectivity index (χ3v) is 22.7. The lowest BCUT2D eigenvalue weighted by molar-refractivity contribution is 0.474. The molecule has 0 N–H and O–H groups in total. The van der Waals surface area contributed by atoms with Gasteiger partial charge in [-0.15, -0.1) is 0 Å². The maximum Gasteiger partial charge on any atom is 0.251 e. The highest BCUT2D eigenvalue weighted by Gasteiger charge is 2.61. The first kappa shape index (κ1) is 37.4. The second-order valence-electron chi connectivity index (χ2n) is 15.6. The number of benzene rings is 6. The van der Waals surface area contributed by atoms with E-state index < -0.39 is 16.6 Å². The van der Waals surface area contributed by atoms with Crippen LogP contribution >= 0.6 is 31.9 Å². The van der Waals surface area contributed by atoms with E-state index in [1.807, 2.05) is 0 Å². The van der Waals surface area contributed by atoms with Crippen LogP contribution in [-0.2, 0) is 17.0 Å². The van der Waals surface area contributed by atoms with Crippen LogP contribution in [0.25, 0.3) is 0 Å². The minimum Gasteiger partial charge on any atom is -0.441 e. The van der Waals surface area contributed by atoms with Gasteiger partial charge in [0.05, 0.1) is 0 Å². The van der Waals surface area contributed by atoms with Gasteiger partial charge in [0, 0.05) is 8.95 Å². The summed E-state index contributed by atoms with van der Waals surface area (Å²) in [5, 5.41) is 4.89. The van der Waals surface area contributed by atoms with Crippen molar-refractivity contribution in [3.05, 3.63) is 189 Å². The predicted molar refractivity (Wildman–Crippen MR) is 230 cm³/mol. The van der Waals surface area contributed by atoms with Gasteiger partial charge in [0.1, 0.15) is 0 Å². The zero-order valence-corrected chi connectivity index (χ0v) is 35.8. The molecule has 260 valence electrons. The Morgan fingerprint density at radius 3 is 1.06 bits per heavy atom. The van der Waals surface area contributed by atoms with Crippen LogP contribution in [0.1, 0.15) is 63.8 Å². The van der Waals surface area contributed by atoms with E-state index in [0.29, 0.717) is 0 Å². The van der Waals surface area contributed by atoms with Crippen molar-refractivity contribution in [1.82, 2.24) is 0 Å². The first-order valence-corrected chi connectivity index (χ1v) is 23.2. The monoisotopic (exact) mass is 830 g/mol. The number of rotatable bonds is 10. The Morgan fingerprint density at radius 2 is 0.725 bits per heavy atom. The van der Waals surface area contributed by atoms with Crippen LogP contribution in [0.2, 0.25) is 10.1 Å². The maximum absolute atomic E-state index is 8.76. The Morgan fingerprint density at radius 1 is 0.412 bits per heavy atom. The van der Waals surface area contributed by atoms with E-state index in [-0.39, 0.29) is 10.1 Å². The van der Waals surface area contributed by atoms with Gasteiger partial charge in [-0.05, 0) is 90.2 Å². The number of hydrogen-bond donors (Lipinski definition) is 0. The summed E-state index contributed by atoms with van der Waals surface area (Å²) in [4.78, 5) is 0. The molecule has 6 rings (SSSR count).